The number of aryl methyl sites for hydroxylation is 17. The summed E-state index contributed by atoms with van der Waals surface area (Å²) in [6, 6.07) is 0. The first-order chi connectivity index (χ1) is 48.3. The second-order valence-corrected chi connectivity index (χ2v) is 24.2. The number of rotatable bonds is 41. The standard InChI is InChI=1S/C14H21N5O3.C13H19N5O3.C12H17N5O3.C12H18N4O2.C12H18N4S2.CH4/c1-3-11-16-17-12(21-11)7-5-4-6-8-13-18-19-14(22-13)10(2)20-9-15;1-3-10-15-16-11(20-10)6-4-5-7-12-17-18-13(21-12)9(2)19-8-14;1-3-9-14-15-10(19-9)5-4-6-11-16-17-12(20-11)8(2)18-7-13;2*1-3-9-13-15-11(17-9)7-5-6-8-12-16-14-10(4-2)18-12;/h9-10,15H,3-8H2,1-2H3;8-9,14H,3-7H2,1-2H3;7-8,13H,3-6H2,1-2H3;2*3-8H2,1-2H3;1H4. The summed E-state index contributed by atoms with van der Waals surface area (Å²) in [7, 11) is 0. The molecule has 10 aromatic rings. The molecule has 0 aliphatic rings. The van der Waals surface area contributed by atoms with Crippen LogP contribution in [-0.4, -0.2) is 121 Å². The molecule has 100 heavy (non-hydrogen) atoms. The zero-order valence-electron chi connectivity index (χ0n) is 58.3. The molecule has 0 saturated heterocycles. The highest BCUT2D eigenvalue weighted by atomic mass is 32.1. The van der Waals surface area contributed by atoms with Crippen molar-refractivity contribution in [2.75, 3.05) is 0 Å². The predicted molar refractivity (Wildman–Crippen MR) is 365 cm³/mol. The van der Waals surface area contributed by atoms with Crippen LogP contribution in [0.1, 0.15) is 273 Å². The molecule has 0 radical (unpaired) electrons. The lowest BCUT2D eigenvalue weighted by Crippen LogP contribution is -1.97. The van der Waals surface area contributed by atoms with Gasteiger partial charge in [0, 0.05) is 96.3 Å². The second-order valence-electron chi connectivity index (χ2n) is 21.9. The molecular formula is C64H97N23O11S2. The minimum absolute atomic E-state index is 0. The molecule has 0 spiro atoms. The monoisotopic (exact) mass is 1430 g/mol. The number of hydrogen-bond acceptors (Lipinski definition) is 36. The lowest BCUT2D eigenvalue weighted by molar-refractivity contribution is 0.182. The Balaban J connectivity index is 0.000000225. The normalized spacial score (nSPS) is 11.7. The van der Waals surface area contributed by atoms with Crippen LogP contribution in [0.25, 0.3) is 0 Å². The van der Waals surface area contributed by atoms with E-state index in [-0.39, 0.29) is 13.5 Å². The highest BCUT2D eigenvalue weighted by molar-refractivity contribution is 7.11. The maximum absolute atomic E-state index is 6.88. The molecule has 3 atom stereocenters. The van der Waals surface area contributed by atoms with Gasteiger partial charge in [0.15, 0.2) is 37.5 Å². The van der Waals surface area contributed by atoms with Gasteiger partial charge in [-0.25, -0.2) is 0 Å². The van der Waals surface area contributed by atoms with Gasteiger partial charge < -0.3 is 49.5 Å². The maximum Gasteiger partial charge on any atom is 0.256 e. The molecule has 36 heteroatoms. The van der Waals surface area contributed by atoms with Crippen molar-refractivity contribution >= 4 is 41.9 Å². The van der Waals surface area contributed by atoms with Crippen LogP contribution >= 0.6 is 22.7 Å². The van der Waals surface area contributed by atoms with Crippen molar-refractivity contribution in [2.45, 2.75) is 268 Å². The zero-order valence-corrected chi connectivity index (χ0v) is 59.9. The van der Waals surface area contributed by atoms with Gasteiger partial charge >= 0.3 is 0 Å². The summed E-state index contributed by atoms with van der Waals surface area (Å²) in [5, 5.41) is 105. The molecule has 10 heterocycles. The van der Waals surface area contributed by atoms with Crippen LogP contribution in [0, 0.1) is 16.2 Å². The van der Waals surface area contributed by atoms with Crippen LogP contribution in [0.3, 0.4) is 0 Å². The van der Waals surface area contributed by atoms with Gasteiger partial charge in [-0.05, 0) is 91.4 Å². The Hall–Kier alpha value is -9.35. The van der Waals surface area contributed by atoms with E-state index in [4.69, 9.17) is 65.8 Å². The van der Waals surface area contributed by atoms with Crippen molar-refractivity contribution in [1.29, 1.82) is 16.2 Å². The highest BCUT2D eigenvalue weighted by Gasteiger charge is 2.18. The van der Waals surface area contributed by atoms with Gasteiger partial charge in [0.1, 0.15) is 20.0 Å². The molecular weight excluding hydrogens is 1330 g/mol. The maximum atomic E-state index is 6.88. The molecule has 3 unspecified atom stereocenters. The molecule has 10 rings (SSSR count). The Morgan fingerprint density at radius 3 is 0.700 bits per heavy atom. The predicted octanol–water partition coefficient (Wildman–Crippen LogP) is 12.7. The Bertz CT molecular complexity index is 3590. The van der Waals surface area contributed by atoms with Gasteiger partial charge in [0.05, 0.1) is 0 Å². The van der Waals surface area contributed by atoms with Crippen molar-refractivity contribution in [1.82, 2.24) is 102 Å². The van der Waals surface area contributed by atoms with E-state index >= 15 is 0 Å². The van der Waals surface area contributed by atoms with E-state index in [0.29, 0.717) is 114 Å². The first-order valence-corrected chi connectivity index (χ1v) is 35.5. The number of nitrogens with one attached hydrogen (secondary N) is 3. The van der Waals surface area contributed by atoms with Gasteiger partial charge in [-0.3, -0.25) is 16.2 Å². The van der Waals surface area contributed by atoms with Crippen molar-refractivity contribution in [2.24, 2.45) is 0 Å². The summed E-state index contributed by atoms with van der Waals surface area (Å²) >= 11 is 3.48. The van der Waals surface area contributed by atoms with E-state index in [1.807, 2.05) is 34.6 Å². The fourth-order valence-electron chi connectivity index (χ4n) is 8.58. The van der Waals surface area contributed by atoms with Crippen LogP contribution in [0.5, 0.6) is 0 Å². The zero-order chi connectivity index (χ0) is 70.8. The van der Waals surface area contributed by atoms with Crippen LogP contribution in [0.4, 0.5) is 0 Å². The van der Waals surface area contributed by atoms with E-state index in [2.05, 4.69) is 116 Å². The summed E-state index contributed by atoms with van der Waals surface area (Å²) in [5.74, 6) is 9.72. The van der Waals surface area contributed by atoms with Crippen molar-refractivity contribution in [3.63, 3.8) is 0 Å². The number of ether oxygens (including phenoxy) is 3. The molecule has 10 aromatic heterocycles. The number of nitrogens with zero attached hydrogens (tertiary/aromatic N) is 20. The minimum Gasteiger partial charge on any atom is -0.471 e. The lowest BCUT2D eigenvalue weighted by Gasteiger charge is -2.03. The first kappa shape index (κ1) is 81.3. The van der Waals surface area contributed by atoms with Crippen molar-refractivity contribution in [3.05, 3.63) is 114 Å². The SMILES string of the molecule is C.CCc1nnc(CCCCCc2nnc(C(C)OC=N)o2)o1.CCc1nnc(CCCCc2nnc(C(C)OC=N)o2)o1.CCc1nnc(CCCCc2nnc(CC)o2)o1.CCc1nnc(CCCCc2nnc(CC)s2)s1.CCc1nnc(CCCc2nnc(C(C)OC=N)o2)o1. The third kappa shape index (κ3) is 30.0. The number of aromatic nitrogens is 20. The summed E-state index contributed by atoms with van der Waals surface area (Å²) < 4.78 is 58.4. The first-order valence-electron chi connectivity index (χ1n) is 33.9. The average Bonchev–Trinajstić information content (AvgIpc) is 2.35. The van der Waals surface area contributed by atoms with E-state index < -0.39 is 12.2 Å². The molecule has 0 aliphatic heterocycles. The summed E-state index contributed by atoms with van der Waals surface area (Å²) in [4.78, 5) is 0. The smallest absolute Gasteiger partial charge is 0.256 e. The lowest BCUT2D eigenvalue weighted by atomic mass is 10.1. The third-order valence-electron chi connectivity index (χ3n) is 14.1. The fraction of sp³-hybridized carbons (Fsp3) is 0.641. The van der Waals surface area contributed by atoms with Gasteiger partial charge in [-0.2, -0.15) is 0 Å². The van der Waals surface area contributed by atoms with Gasteiger partial charge in [-0.15, -0.1) is 125 Å². The molecule has 0 aliphatic carbocycles. The van der Waals surface area contributed by atoms with Crippen LogP contribution in [0.2, 0.25) is 0 Å². The average molecular weight is 1430 g/mol. The summed E-state index contributed by atoms with van der Waals surface area (Å²) in [5.41, 5.74) is 0. The van der Waals surface area contributed by atoms with Crippen LogP contribution in [0.15, 0.2) is 35.3 Å². The minimum atomic E-state index is -0.406. The van der Waals surface area contributed by atoms with Crippen molar-refractivity contribution < 1.29 is 49.5 Å². The topological polar surface area (TPSA) is 462 Å². The number of unbranched alkanes of at least 4 members (excludes halogenated alkanes) is 5. The van der Waals surface area contributed by atoms with E-state index in [9.17, 15) is 0 Å². The highest BCUT2D eigenvalue weighted by Crippen LogP contribution is 2.21. The Morgan fingerprint density at radius 2 is 0.470 bits per heavy atom. The quantitative estimate of drug-likeness (QED) is 0.0182. The van der Waals surface area contributed by atoms with E-state index in [1.165, 1.54) is 10.0 Å². The molecule has 546 valence electrons. The van der Waals surface area contributed by atoms with Crippen LogP contribution in [-0.2, 0) is 123 Å². The largest absolute Gasteiger partial charge is 0.471 e. The second kappa shape index (κ2) is 46.8. The van der Waals surface area contributed by atoms with Gasteiger partial charge in [-0.1, -0.05) is 62.3 Å². The van der Waals surface area contributed by atoms with E-state index in [1.54, 1.807) is 43.4 Å². The van der Waals surface area contributed by atoms with Crippen molar-refractivity contribution in [3.8, 4) is 0 Å². The Kier molecular flexibility index (Phi) is 38.1. The van der Waals surface area contributed by atoms with Crippen LogP contribution < -0.4 is 0 Å². The third-order valence-corrected chi connectivity index (χ3v) is 16.4. The molecule has 0 aromatic carbocycles. The number of hydrogen-bond donors (Lipinski definition) is 3. The molecule has 0 amide bonds. The molecule has 3 N–H and O–H groups in total. The molecule has 34 nitrogen and oxygen atoms in total. The molecule has 0 fully saturated rings. The molecule has 0 bridgehead atoms. The van der Waals surface area contributed by atoms with E-state index in [0.717, 1.165) is 183 Å². The molecule has 0 saturated carbocycles. The van der Waals surface area contributed by atoms with Gasteiger partial charge in [0.2, 0.25) is 76.6 Å². The fourth-order valence-corrected chi connectivity index (χ4v) is 10.2. The van der Waals surface area contributed by atoms with Gasteiger partial charge in [0.25, 0.3) is 17.7 Å². The Labute approximate surface area is 589 Å². The Morgan fingerprint density at radius 1 is 0.260 bits per heavy atom. The summed E-state index contributed by atoms with van der Waals surface area (Å²) in [6.45, 7) is 19.4. The summed E-state index contributed by atoms with van der Waals surface area (Å²) in [6.07, 6.45) is 25.0.